The minimum Gasteiger partial charge on any atom is -0.0622 e. The molecule has 1 aliphatic rings. The molecule has 1 aliphatic carbocycles. The summed E-state index contributed by atoms with van der Waals surface area (Å²) >= 11 is 0. The maximum absolute atomic E-state index is 9.40. The number of rotatable bonds is 3. The summed E-state index contributed by atoms with van der Waals surface area (Å²) in [7, 11) is 0. The number of fused-ring (bicyclic) bond motifs is 9. The summed E-state index contributed by atoms with van der Waals surface area (Å²) in [6, 6.07) is 52.3. The van der Waals surface area contributed by atoms with Gasteiger partial charge in [0.15, 0.2) is 0 Å². The lowest BCUT2D eigenvalue weighted by molar-refractivity contribution is 0.714. The molecule has 1 unspecified atom stereocenters. The van der Waals surface area contributed by atoms with Crippen LogP contribution in [0.2, 0.25) is 0 Å². The average molecular weight is 613 g/mol. The zero-order chi connectivity index (χ0) is 35.3. The number of hydrogen-bond donors (Lipinski definition) is 0. The quantitative estimate of drug-likeness (QED) is 0.138. The van der Waals surface area contributed by atoms with E-state index in [4.69, 9.17) is 0 Å². The first-order valence-corrected chi connectivity index (χ1v) is 16.5. The number of hydrogen-bond acceptors (Lipinski definition) is 0. The van der Waals surface area contributed by atoms with Crippen LogP contribution < -0.4 is 0 Å². The molecule has 0 nitrogen and oxygen atoms in total. The van der Waals surface area contributed by atoms with Gasteiger partial charge in [0, 0.05) is 5.41 Å². The van der Waals surface area contributed by atoms with Crippen molar-refractivity contribution in [3.05, 3.63) is 193 Å². The van der Waals surface area contributed by atoms with Gasteiger partial charge >= 0.3 is 0 Å². The third kappa shape index (κ3) is 3.90. The predicted molar refractivity (Wildman–Crippen MR) is 205 cm³/mol. The second-order valence-electron chi connectivity index (χ2n) is 13.1. The van der Waals surface area contributed by atoms with Gasteiger partial charge in [0.25, 0.3) is 0 Å². The van der Waals surface area contributed by atoms with Crippen molar-refractivity contribution in [1.82, 2.24) is 0 Å². The summed E-state index contributed by atoms with van der Waals surface area (Å²) in [4.78, 5) is 0. The Balaban J connectivity index is 1.18. The first-order valence-electron chi connectivity index (χ1n) is 18.5. The molecule has 0 bridgehead atoms. The van der Waals surface area contributed by atoms with Crippen molar-refractivity contribution in [2.24, 2.45) is 0 Å². The van der Waals surface area contributed by atoms with Crippen LogP contribution in [0, 0.1) is 0 Å². The van der Waals surface area contributed by atoms with Crippen molar-refractivity contribution < 1.29 is 5.48 Å². The summed E-state index contributed by atoms with van der Waals surface area (Å²) in [6.45, 7) is 2.26. The highest BCUT2D eigenvalue weighted by Crippen LogP contribution is 2.55. The van der Waals surface area contributed by atoms with Crippen molar-refractivity contribution in [3.8, 4) is 33.4 Å². The average Bonchev–Trinajstić information content (AvgIpc) is 3.45. The Morgan fingerprint density at radius 3 is 1.92 bits per heavy atom. The Hall–Kier alpha value is -5.98. The molecule has 0 heteroatoms. The lowest BCUT2D eigenvalue weighted by Crippen LogP contribution is -2.22. The standard InChI is InChI=1S/C48H32/c1-48(38-13-3-2-4-14-38)45-27-24-32-10-7-8-15-40(32)47(45)43-26-22-36(30-46(43)48)31-18-20-33(21-19-31)39-16-9-17-41-42(39)25-23-37-28-34-11-5-6-12-35(34)29-44(37)41/h2-30H,1H3/i18D,19D,20D,21D. The molecule has 0 amide bonds. The molecule has 10 rings (SSSR count). The maximum Gasteiger partial charge on any atom is 0.0629 e. The van der Waals surface area contributed by atoms with Crippen molar-refractivity contribution in [2.45, 2.75) is 12.3 Å². The SMILES string of the molecule is [2H]c1c([2H])c(-c2cccc3c2ccc2cc4ccccc4cc23)c([2H])c([2H])c1-c1ccc2c(c1)C(C)(c1ccccc1)c1ccc3ccccc3c1-2. The predicted octanol–water partition coefficient (Wildman–Crippen LogP) is 13.0. The van der Waals surface area contributed by atoms with Gasteiger partial charge in [-0.25, -0.2) is 0 Å². The smallest absolute Gasteiger partial charge is 0.0622 e. The van der Waals surface area contributed by atoms with Crippen LogP contribution in [-0.4, -0.2) is 0 Å². The molecule has 0 aliphatic heterocycles. The van der Waals surface area contributed by atoms with Gasteiger partial charge in [-0.3, -0.25) is 0 Å². The third-order valence-electron chi connectivity index (χ3n) is 10.6. The molecule has 9 aromatic rings. The fourth-order valence-corrected chi connectivity index (χ4v) is 8.13. The maximum atomic E-state index is 9.40. The van der Waals surface area contributed by atoms with E-state index in [2.05, 4.69) is 116 Å². The van der Waals surface area contributed by atoms with Gasteiger partial charge in [0.1, 0.15) is 0 Å². The fourth-order valence-electron chi connectivity index (χ4n) is 8.13. The van der Waals surface area contributed by atoms with E-state index >= 15 is 0 Å². The third-order valence-corrected chi connectivity index (χ3v) is 10.6. The van der Waals surface area contributed by atoms with Gasteiger partial charge in [-0.05, 0) is 118 Å². The van der Waals surface area contributed by atoms with Gasteiger partial charge < -0.3 is 0 Å². The molecule has 48 heavy (non-hydrogen) atoms. The molecule has 0 fully saturated rings. The zero-order valence-electron chi connectivity index (χ0n) is 30.4. The lowest BCUT2D eigenvalue weighted by Gasteiger charge is -2.28. The Morgan fingerprint density at radius 2 is 1.08 bits per heavy atom. The summed E-state index contributed by atoms with van der Waals surface area (Å²) in [5, 5.41) is 8.83. The number of benzene rings is 9. The van der Waals surface area contributed by atoms with E-state index in [1.54, 1.807) is 0 Å². The molecular formula is C48H32. The largest absolute Gasteiger partial charge is 0.0629 e. The molecule has 0 saturated carbocycles. The molecule has 224 valence electrons. The Kier molecular flexibility index (Phi) is 4.99. The van der Waals surface area contributed by atoms with E-state index in [9.17, 15) is 5.48 Å². The fraction of sp³-hybridized carbons (Fsp3) is 0.0417. The topological polar surface area (TPSA) is 0 Å². The van der Waals surface area contributed by atoms with Crippen molar-refractivity contribution >= 4 is 43.1 Å². The van der Waals surface area contributed by atoms with Crippen molar-refractivity contribution in [3.63, 3.8) is 0 Å². The molecular weight excluding hydrogens is 577 g/mol. The van der Waals surface area contributed by atoms with Crippen LogP contribution in [0.5, 0.6) is 0 Å². The van der Waals surface area contributed by atoms with Gasteiger partial charge in [-0.2, -0.15) is 0 Å². The molecule has 0 spiro atoms. The first-order chi connectivity index (χ1) is 25.3. The van der Waals surface area contributed by atoms with Gasteiger partial charge in [-0.15, -0.1) is 0 Å². The highest BCUT2D eigenvalue weighted by Gasteiger charge is 2.41. The molecule has 9 aromatic carbocycles. The lowest BCUT2D eigenvalue weighted by atomic mass is 9.73. The highest BCUT2D eigenvalue weighted by molar-refractivity contribution is 6.15. The van der Waals surface area contributed by atoms with E-state index in [0.29, 0.717) is 22.3 Å². The zero-order valence-corrected chi connectivity index (χ0v) is 26.4. The minimum atomic E-state index is -0.485. The highest BCUT2D eigenvalue weighted by atomic mass is 14.4. The molecule has 0 aromatic heterocycles. The van der Waals surface area contributed by atoms with E-state index in [1.807, 2.05) is 42.5 Å². The summed E-state index contributed by atoms with van der Waals surface area (Å²) < 4.78 is 37.5. The van der Waals surface area contributed by atoms with Crippen molar-refractivity contribution in [2.75, 3.05) is 0 Å². The molecule has 0 radical (unpaired) electrons. The van der Waals surface area contributed by atoms with Gasteiger partial charge in [-0.1, -0.05) is 158 Å². The Labute approximate surface area is 286 Å². The van der Waals surface area contributed by atoms with E-state index in [-0.39, 0.29) is 24.2 Å². The normalized spacial score (nSPS) is 16.4. The molecule has 0 heterocycles. The van der Waals surface area contributed by atoms with Gasteiger partial charge in [0.05, 0.1) is 5.48 Å². The van der Waals surface area contributed by atoms with E-state index in [1.165, 1.54) is 27.3 Å². The second kappa shape index (κ2) is 10.3. The summed E-state index contributed by atoms with van der Waals surface area (Å²) in [5.41, 5.74) is 7.33. The van der Waals surface area contributed by atoms with Gasteiger partial charge in [0.2, 0.25) is 0 Å². The van der Waals surface area contributed by atoms with Crippen LogP contribution in [0.25, 0.3) is 76.5 Å². The van der Waals surface area contributed by atoms with Crippen LogP contribution in [0.3, 0.4) is 0 Å². The van der Waals surface area contributed by atoms with Crippen LogP contribution in [-0.2, 0) is 5.41 Å². The second-order valence-corrected chi connectivity index (χ2v) is 13.1. The van der Waals surface area contributed by atoms with Crippen LogP contribution in [0.4, 0.5) is 0 Å². The Morgan fingerprint density at radius 1 is 0.396 bits per heavy atom. The molecule has 0 saturated heterocycles. The summed E-state index contributed by atoms with van der Waals surface area (Å²) in [5.74, 6) is 0. The first kappa shape index (κ1) is 23.4. The van der Waals surface area contributed by atoms with Crippen molar-refractivity contribution in [1.29, 1.82) is 0 Å². The Bertz CT molecular complexity index is 2930. The van der Waals surface area contributed by atoms with E-state index < -0.39 is 5.41 Å². The monoisotopic (exact) mass is 612 g/mol. The molecule has 1 atom stereocenters. The minimum absolute atomic E-state index is 0.0392. The van der Waals surface area contributed by atoms with Crippen LogP contribution in [0.1, 0.15) is 29.1 Å². The molecule has 0 N–H and O–H groups in total. The van der Waals surface area contributed by atoms with Crippen LogP contribution in [0.15, 0.2) is 176 Å². The van der Waals surface area contributed by atoms with E-state index in [0.717, 1.165) is 43.6 Å². The van der Waals surface area contributed by atoms with Crippen LogP contribution >= 0.6 is 0 Å². The summed E-state index contributed by atoms with van der Waals surface area (Å²) in [6.07, 6.45) is 0.